The molecule has 0 aliphatic carbocycles. The van der Waals surface area contributed by atoms with E-state index in [9.17, 15) is 8.42 Å². The van der Waals surface area contributed by atoms with Gasteiger partial charge in [0.1, 0.15) is 0 Å². The molecule has 0 saturated carbocycles. The Morgan fingerprint density at radius 3 is 2.72 bits per heavy atom. The Hall–Kier alpha value is -1.79. The van der Waals surface area contributed by atoms with Gasteiger partial charge in [-0.2, -0.15) is 0 Å². The van der Waals surface area contributed by atoms with Crippen LogP contribution in [0.25, 0.3) is 0 Å². The second-order valence-corrected chi connectivity index (χ2v) is 5.77. The molecule has 2 aromatic rings. The topological polar surface area (TPSA) is 88.0 Å². The molecule has 0 aliphatic heterocycles. The zero-order valence-electron chi connectivity index (χ0n) is 9.92. The van der Waals surface area contributed by atoms with Crippen LogP contribution in [-0.2, 0) is 10.0 Å². The summed E-state index contributed by atoms with van der Waals surface area (Å²) in [7, 11) is -3.50. The Bertz CT molecular complexity index is 621. The summed E-state index contributed by atoms with van der Waals surface area (Å²) in [5.74, 6) is 0. The smallest absolute Gasteiger partial charge is 0.242 e. The summed E-state index contributed by atoms with van der Waals surface area (Å²) in [4.78, 5) is 2.94. The lowest BCUT2D eigenvalue weighted by Crippen LogP contribution is -2.26. The van der Waals surface area contributed by atoms with E-state index in [0.717, 1.165) is 5.56 Å². The number of rotatable bonds is 4. The Morgan fingerprint density at radius 1 is 1.33 bits per heavy atom. The summed E-state index contributed by atoms with van der Waals surface area (Å²) in [6.45, 7) is 1.78. The maximum atomic E-state index is 12.0. The minimum atomic E-state index is -3.50. The lowest BCUT2D eigenvalue weighted by Gasteiger charge is -2.14. The van der Waals surface area contributed by atoms with E-state index >= 15 is 0 Å². The van der Waals surface area contributed by atoms with Gasteiger partial charge < -0.3 is 10.7 Å². The van der Waals surface area contributed by atoms with Crippen molar-refractivity contribution in [1.82, 2.24) is 9.71 Å². The molecule has 1 atom stereocenters. The molecule has 0 aliphatic rings. The molecule has 5 nitrogen and oxygen atoms in total. The van der Waals surface area contributed by atoms with Gasteiger partial charge >= 0.3 is 0 Å². The van der Waals surface area contributed by atoms with Gasteiger partial charge in [-0.25, -0.2) is 13.1 Å². The molecule has 1 heterocycles. The first-order valence-corrected chi connectivity index (χ1v) is 6.98. The molecule has 1 aromatic heterocycles. The lowest BCUT2D eigenvalue weighted by atomic mass is 10.1. The van der Waals surface area contributed by atoms with E-state index in [1.54, 1.807) is 31.3 Å². The van der Waals surface area contributed by atoms with Crippen molar-refractivity contribution in [2.45, 2.75) is 17.9 Å². The van der Waals surface area contributed by atoms with E-state index in [1.165, 1.54) is 12.3 Å². The minimum absolute atomic E-state index is 0.221. The molecular formula is C12H15N3O2S. The van der Waals surface area contributed by atoms with Crippen LogP contribution in [0, 0.1) is 0 Å². The molecule has 4 N–H and O–H groups in total. The third-order valence-corrected chi connectivity index (χ3v) is 4.16. The third-order valence-electron chi connectivity index (χ3n) is 2.62. The highest BCUT2D eigenvalue weighted by molar-refractivity contribution is 7.89. The van der Waals surface area contributed by atoms with Crippen LogP contribution in [0.1, 0.15) is 18.5 Å². The number of nitrogens with one attached hydrogen (secondary N) is 2. The molecule has 0 fully saturated rings. The summed E-state index contributed by atoms with van der Waals surface area (Å²) < 4.78 is 26.6. The SMILES string of the molecule is CC(NS(=O)(=O)c1cc[nH]c1)c1cccc(N)c1. The molecule has 1 aromatic carbocycles. The molecule has 0 radical (unpaired) electrons. The fourth-order valence-corrected chi connectivity index (χ4v) is 2.88. The molecule has 0 amide bonds. The number of anilines is 1. The predicted octanol–water partition coefficient (Wildman–Crippen LogP) is 1.64. The van der Waals surface area contributed by atoms with Gasteiger partial charge in [0.25, 0.3) is 0 Å². The second kappa shape index (κ2) is 4.83. The van der Waals surface area contributed by atoms with E-state index in [-0.39, 0.29) is 10.9 Å². The average molecular weight is 265 g/mol. The standard InChI is InChI=1S/C12H15N3O2S/c1-9(10-3-2-4-11(13)7-10)15-18(16,17)12-5-6-14-8-12/h2-9,14-15H,13H2,1H3. The van der Waals surface area contributed by atoms with Crippen molar-refractivity contribution in [1.29, 1.82) is 0 Å². The van der Waals surface area contributed by atoms with E-state index < -0.39 is 10.0 Å². The zero-order chi connectivity index (χ0) is 13.2. The van der Waals surface area contributed by atoms with Crippen LogP contribution < -0.4 is 10.5 Å². The van der Waals surface area contributed by atoms with Gasteiger partial charge in [-0.3, -0.25) is 0 Å². The number of hydrogen-bond acceptors (Lipinski definition) is 3. The van der Waals surface area contributed by atoms with Crippen molar-refractivity contribution in [3.8, 4) is 0 Å². The van der Waals surface area contributed by atoms with Gasteiger partial charge in [0.15, 0.2) is 0 Å². The van der Waals surface area contributed by atoms with E-state index in [4.69, 9.17) is 5.73 Å². The predicted molar refractivity (Wildman–Crippen MR) is 70.4 cm³/mol. The summed E-state index contributed by atoms with van der Waals surface area (Å²) in [5.41, 5.74) is 7.11. The van der Waals surface area contributed by atoms with Gasteiger partial charge in [-0.05, 0) is 30.7 Å². The minimum Gasteiger partial charge on any atom is -0.399 e. The van der Waals surface area contributed by atoms with Crippen LogP contribution in [0.2, 0.25) is 0 Å². The first-order valence-electron chi connectivity index (χ1n) is 5.49. The van der Waals surface area contributed by atoms with Gasteiger partial charge in [-0.1, -0.05) is 12.1 Å². The molecule has 18 heavy (non-hydrogen) atoms. The normalized spacial score (nSPS) is 13.4. The van der Waals surface area contributed by atoms with E-state index in [2.05, 4.69) is 9.71 Å². The van der Waals surface area contributed by atoms with Crippen LogP contribution in [-0.4, -0.2) is 13.4 Å². The molecule has 96 valence electrons. The highest BCUT2D eigenvalue weighted by atomic mass is 32.2. The van der Waals surface area contributed by atoms with E-state index in [0.29, 0.717) is 5.69 Å². The van der Waals surface area contributed by atoms with Gasteiger partial charge in [0.2, 0.25) is 10.0 Å². The average Bonchev–Trinajstić information content (AvgIpc) is 2.82. The number of nitrogens with two attached hydrogens (primary N) is 1. The fourth-order valence-electron chi connectivity index (χ4n) is 1.67. The summed E-state index contributed by atoms with van der Waals surface area (Å²) in [6.07, 6.45) is 3.01. The highest BCUT2D eigenvalue weighted by Crippen LogP contribution is 2.18. The van der Waals surface area contributed by atoms with Crippen molar-refractivity contribution in [3.05, 3.63) is 48.3 Å². The van der Waals surface area contributed by atoms with Crippen LogP contribution in [0.4, 0.5) is 5.69 Å². The highest BCUT2D eigenvalue weighted by Gasteiger charge is 2.18. The number of benzene rings is 1. The van der Waals surface area contributed by atoms with Gasteiger partial charge in [0, 0.05) is 24.1 Å². The first-order chi connectivity index (χ1) is 8.49. The lowest BCUT2D eigenvalue weighted by molar-refractivity contribution is 0.567. The largest absolute Gasteiger partial charge is 0.399 e. The maximum absolute atomic E-state index is 12.0. The summed E-state index contributed by atoms with van der Waals surface area (Å²) >= 11 is 0. The number of nitrogen functional groups attached to an aromatic ring is 1. The van der Waals surface area contributed by atoms with Crippen LogP contribution in [0.3, 0.4) is 0 Å². The van der Waals surface area contributed by atoms with Crippen molar-refractivity contribution in [2.24, 2.45) is 0 Å². The Labute approximate surface area is 106 Å². The maximum Gasteiger partial charge on any atom is 0.242 e. The number of sulfonamides is 1. The van der Waals surface area contributed by atoms with Crippen molar-refractivity contribution in [2.75, 3.05) is 5.73 Å². The second-order valence-electron chi connectivity index (χ2n) is 4.06. The molecule has 0 saturated heterocycles. The Balaban J connectivity index is 2.20. The first kappa shape index (κ1) is 12.7. The van der Waals surface area contributed by atoms with Crippen LogP contribution in [0.15, 0.2) is 47.6 Å². The van der Waals surface area contributed by atoms with Crippen molar-refractivity contribution < 1.29 is 8.42 Å². The van der Waals surface area contributed by atoms with Crippen molar-refractivity contribution >= 4 is 15.7 Å². The molecule has 0 spiro atoms. The van der Waals surface area contributed by atoms with Crippen LogP contribution >= 0.6 is 0 Å². The van der Waals surface area contributed by atoms with Crippen LogP contribution in [0.5, 0.6) is 0 Å². The number of H-pyrrole nitrogens is 1. The quantitative estimate of drug-likeness (QED) is 0.734. The Morgan fingerprint density at radius 2 is 2.11 bits per heavy atom. The molecule has 2 rings (SSSR count). The monoisotopic (exact) mass is 265 g/mol. The fraction of sp³-hybridized carbons (Fsp3) is 0.167. The molecule has 0 bridgehead atoms. The van der Waals surface area contributed by atoms with Crippen molar-refractivity contribution in [3.63, 3.8) is 0 Å². The van der Waals surface area contributed by atoms with Gasteiger partial charge in [-0.15, -0.1) is 0 Å². The molecular weight excluding hydrogens is 250 g/mol. The number of aromatic amines is 1. The molecule has 1 unspecified atom stereocenters. The zero-order valence-corrected chi connectivity index (χ0v) is 10.7. The number of hydrogen-bond donors (Lipinski definition) is 3. The Kier molecular flexibility index (Phi) is 3.40. The third kappa shape index (κ3) is 2.72. The van der Waals surface area contributed by atoms with Gasteiger partial charge in [0.05, 0.1) is 4.90 Å². The van der Waals surface area contributed by atoms with E-state index in [1.807, 2.05) is 6.07 Å². The summed E-state index contributed by atoms with van der Waals surface area (Å²) in [5, 5.41) is 0. The number of aromatic nitrogens is 1. The summed E-state index contributed by atoms with van der Waals surface area (Å²) in [6, 6.07) is 8.32. The molecule has 6 heteroatoms.